The lowest BCUT2D eigenvalue weighted by Crippen LogP contribution is -2.44. The number of carbonyl (C=O) groups is 1. The van der Waals surface area contributed by atoms with E-state index in [1.54, 1.807) is 0 Å². The number of rotatable bonds is 3. The zero-order valence-corrected chi connectivity index (χ0v) is 9.13. The maximum absolute atomic E-state index is 11.4. The Morgan fingerprint density at radius 2 is 2.36 bits per heavy atom. The Morgan fingerprint density at radius 3 is 2.86 bits per heavy atom. The highest BCUT2D eigenvalue weighted by atomic mass is 16.6. The van der Waals surface area contributed by atoms with Gasteiger partial charge in [0.05, 0.1) is 13.2 Å². The van der Waals surface area contributed by atoms with E-state index in [0.29, 0.717) is 13.2 Å². The number of ether oxygens (including phenoxy) is 2. The highest BCUT2D eigenvalue weighted by molar-refractivity contribution is 5.68. The molecule has 4 nitrogen and oxygen atoms in total. The molecule has 1 fully saturated rings. The fourth-order valence-corrected chi connectivity index (χ4v) is 1.15. The molecule has 1 aliphatic heterocycles. The standard InChI is InChI=1S/C10H19NO3/c1-4-10(2,3)11-9(12)14-8-5-6-13-7-8/h8H,4-7H2,1-3H3,(H,11,12). The summed E-state index contributed by atoms with van der Waals surface area (Å²) in [5.41, 5.74) is -0.198. The maximum atomic E-state index is 11.4. The van der Waals surface area contributed by atoms with Crippen molar-refractivity contribution >= 4 is 6.09 Å². The average Bonchev–Trinajstić information content (AvgIpc) is 2.55. The van der Waals surface area contributed by atoms with Crippen LogP contribution in [0, 0.1) is 0 Å². The Labute approximate surface area is 85.0 Å². The number of carbonyl (C=O) groups excluding carboxylic acids is 1. The third-order valence-corrected chi connectivity index (χ3v) is 2.49. The molecule has 14 heavy (non-hydrogen) atoms. The first-order valence-electron chi connectivity index (χ1n) is 5.10. The van der Waals surface area contributed by atoms with Crippen LogP contribution in [0.25, 0.3) is 0 Å². The summed E-state index contributed by atoms with van der Waals surface area (Å²) in [4.78, 5) is 11.4. The fourth-order valence-electron chi connectivity index (χ4n) is 1.15. The molecule has 1 unspecified atom stereocenters. The van der Waals surface area contributed by atoms with E-state index < -0.39 is 0 Å². The van der Waals surface area contributed by atoms with Gasteiger partial charge >= 0.3 is 6.09 Å². The molecule has 0 bridgehead atoms. The van der Waals surface area contributed by atoms with Crippen LogP contribution in [0.1, 0.15) is 33.6 Å². The minimum absolute atomic E-state index is 0.0670. The lowest BCUT2D eigenvalue weighted by atomic mass is 10.0. The molecule has 82 valence electrons. The van der Waals surface area contributed by atoms with Crippen molar-refractivity contribution < 1.29 is 14.3 Å². The van der Waals surface area contributed by atoms with Gasteiger partial charge in [0.15, 0.2) is 0 Å². The molecule has 1 aliphatic rings. The molecule has 4 heteroatoms. The molecular formula is C10H19NO3. The maximum Gasteiger partial charge on any atom is 0.407 e. The first-order valence-corrected chi connectivity index (χ1v) is 5.10. The van der Waals surface area contributed by atoms with Crippen molar-refractivity contribution in [1.29, 1.82) is 0 Å². The fraction of sp³-hybridized carbons (Fsp3) is 0.900. The van der Waals surface area contributed by atoms with Gasteiger partial charge in [-0.1, -0.05) is 6.92 Å². The monoisotopic (exact) mass is 201 g/mol. The van der Waals surface area contributed by atoms with Crippen molar-refractivity contribution in [2.24, 2.45) is 0 Å². The van der Waals surface area contributed by atoms with E-state index in [4.69, 9.17) is 9.47 Å². The van der Waals surface area contributed by atoms with Crippen LogP contribution in [0.2, 0.25) is 0 Å². The zero-order valence-electron chi connectivity index (χ0n) is 9.13. The molecular weight excluding hydrogens is 182 g/mol. The van der Waals surface area contributed by atoms with E-state index in [2.05, 4.69) is 5.32 Å². The summed E-state index contributed by atoms with van der Waals surface area (Å²) in [6.07, 6.45) is 1.28. The van der Waals surface area contributed by atoms with Gasteiger partial charge in [0.2, 0.25) is 0 Å². The second-order valence-electron chi connectivity index (χ2n) is 4.25. The Hall–Kier alpha value is -0.770. The Morgan fingerprint density at radius 1 is 1.64 bits per heavy atom. The van der Waals surface area contributed by atoms with Crippen molar-refractivity contribution in [2.45, 2.75) is 45.3 Å². The second-order valence-corrected chi connectivity index (χ2v) is 4.25. The van der Waals surface area contributed by atoms with E-state index in [0.717, 1.165) is 12.8 Å². The first kappa shape index (κ1) is 11.3. The molecule has 0 aromatic heterocycles. The summed E-state index contributed by atoms with van der Waals surface area (Å²) in [6.45, 7) is 7.19. The van der Waals surface area contributed by atoms with Crippen molar-refractivity contribution in [3.05, 3.63) is 0 Å². The Balaban J connectivity index is 2.27. The second kappa shape index (κ2) is 4.64. The predicted molar refractivity (Wildman–Crippen MR) is 53.2 cm³/mol. The summed E-state index contributed by atoms with van der Waals surface area (Å²) in [6, 6.07) is 0. The lowest BCUT2D eigenvalue weighted by Gasteiger charge is -2.24. The van der Waals surface area contributed by atoms with Gasteiger partial charge in [-0.3, -0.25) is 0 Å². The molecule has 1 atom stereocenters. The molecule has 0 aromatic carbocycles. The third kappa shape index (κ3) is 3.54. The largest absolute Gasteiger partial charge is 0.444 e. The van der Waals surface area contributed by atoms with Gasteiger partial charge in [0.1, 0.15) is 6.10 Å². The van der Waals surface area contributed by atoms with Crippen molar-refractivity contribution in [3.63, 3.8) is 0 Å². The summed E-state index contributed by atoms with van der Waals surface area (Å²) < 4.78 is 10.3. The number of hydrogen-bond donors (Lipinski definition) is 1. The van der Waals surface area contributed by atoms with Gasteiger partial charge in [-0.05, 0) is 20.3 Å². The van der Waals surface area contributed by atoms with E-state index in [1.807, 2.05) is 20.8 Å². The highest BCUT2D eigenvalue weighted by Gasteiger charge is 2.23. The van der Waals surface area contributed by atoms with E-state index >= 15 is 0 Å². The molecule has 1 saturated heterocycles. The quantitative estimate of drug-likeness (QED) is 0.755. The third-order valence-electron chi connectivity index (χ3n) is 2.49. The van der Waals surface area contributed by atoms with Crippen LogP contribution in [-0.4, -0.2) is 30.9 Å². The van der Waals surface area contributed by atoms with Gasteiger partial charge in [0.25, 0.3) is 0 Å². The molecule has 0 saturated carbocycles. The van der Waals surface area contributed by atoms with Crippen LogP contribution < -0.4 is 5.32 Å². The zero-order chi connectivity index (χ0) is 10.6. The molecule has 1 rings (SSSR count). The van der Waals surface area contributed by atoms with Crippen molar-refractivity contribution in [3.8, 4) is 0 Å². The summed E-state index contributed by atoms with van der Waals surface area (Å²) >= 11 is 0. The van der Waals surface area contributed by atoms with Gasteiger partial charge in [-0.15, -0.1) is 0 Å². The predicted octanol–water partition coefficient (Wildman–Crippen LogP) is 1.69. The van der Waals surface area contributed by atoms with Crippen molar-refractivity contribution in [2.75, 3.05) is 13.2 Å². The number of nitrogens with one attached hydrogen (secondary N) is 1. The lowest BCUT2D eigenvalue weighted by molar-refractivity contribution is 0.0771. The molecule has 0 aliphatic carbocycles. The highest BCUT2D eigenvalue weighted by Crippen LogP contribution is 2.11. The van der Waals surface area contributed by atoms with Gasteiger partial charge in [0, 0.05) is 12.0 Å². The topological polar surface area (TPSA) is 47.6 Å². The number of amides is 1. The van der Waals surface area contributed by atoms with Crippen LogP contribution in [0.4, 0.5) is 4.79 Å². The van der Waals surface area contributed by atoms with Gasteiger partial charge in [-0.25, -0.2) is 4.79 Å². The minimum Gasteiger partial charge on any atom is -0.444 e. The Kier molecular flexibility index (Phi) is 3.75. The SMILES string of the molecule is CCC(C)(C)NC(=O)OC1CCOC1. The number of alkyl carbamates (subject to hydrolysis) is 1. The van der Waals surface area contributed by atoms with E-state index in [1.165, 1.54) is 0 Å². The van der Waals surface area contributed by atoms with Crippen LogP contribution in [0.3, 0.4) is 0 Å². The van der Waals surface area contributed by atoms with Crippen molar-refractivity contribution in [1.82, 2.24) is 5.32 Å². The van der Waals surface area contributed by atoms with Gasteiger partial charge in [-0.2, -0.15) is 0 Å². The van der Waals surface area contributed by atoms with Gasteiger partial charge < -0.3 is 14.8 Å². The molecule has 0 aromatic rings. The normalized spacial score (nSPS) is 22.1. The van der Waals surface area contributed by atoms with Crippen LogP contribution in [0.15, 0.2) is 0 Å². The van der Waals surface area contributed by atoms with E-state index in [9.17, 15) is 4.79 Å². The first-order chi connectivity index (χ1) is 6.53. The van der Waals surface area contributed by atoms with Crippen LogP contribution >= 0.6 is 0 Å². The van der Waals surface area contributed by atoms with E-state index in [-0.39, 0.29) is 17.7 Å². The summed E-state index contributed by atoms with van der Waals surface area (Å²) in [5.74, 6) is 0. The summed E-state index contributed by atoms with van der Waals surface area (Å²) in [7, 11) is 0. The number of hydrogen-bond acceptors (Lipinski definition) is 3. The molecule has 0 spiro atoms. The van der Waals surface area contributed by atoms with Crippen LogP contribution in [-0.2, 0) is 9.47 Å². The Bertz CT molecular complexity index is 198. The molecule has 1 amide bonds. The molecule has 1 N–H and O–H groups in total. The van der Waals surface area contributed by atoms with Crippen LogP contribution in [0.5, 0.6) is 0 Å². The average molecular weight is 201 g/mol. The summed E-state index contributed by atoms with van der Waals surface area (Å²) in [5, 5.41) is 2.82. The smallest absolute Gasteiger partial charge is 0.407 e. The molecule has 1 heterocycles. The minimum atomic E-state index is -0.340. The molecule has 0 radical (unpaired) electrons.